The molecular weight excluding hydrogens is 316 g/mol. The van der Waals surface area contributed by atoms with Crippen LogP contribution in [-0.4, -0.2) is 29.6 Å². The van der Waals surface area contributed by atoms with Gasteiger partial charge < -0.3 is 19.6 Å². The monoisotopic (exact) mass is 332 g/mol. The maximum absolute atomic E-state index is 12.4. The van der Waals surface area contributed by atoms with E-state index in [2.05, 4.69) is 0 Å². The topological polar surface area (TPSA) is 83.0 Å². The molecule has 0 spiro atoms. The fourth-order valence-corrected chi connectivity index (χ4v) is 3.70. The molecule has 0 aliphatic heterocycles. The summed E-state index contributed by atoms with van der Waals surface area (Å²) in [6, 6.07) is 5.50. The van der Waals surface area contributed by atoms with Crippen molar-refractivity contribution < 1.29 is 19.1 Å². The lowest BCUT2D eigenvalue weighted by atomic mass is 10.2. The molecule has 7 heteroatoms. The third-order valence-electron chi connectivity index (χ3n) is 3.44. The number of nitrogens with zero attached hydrogens (tertiary/aromatic N) is 1. The third kappa shape index (κ3) is 2.33. The zero-order valence-corrected chi connectivity index (χ0v) is 13.6. The Kier molecular flexibility index (Phi) is 3.96. The smallest absolute Gasteiger partial charge is 0.350 e. The van der Waals surface area contributed by atoms with E-state index in [-0.39, 0.29) is 13.2 Å². The molecule has 0 unspecified atom stereocenters. The summed E-state index contributed by atoms with van der Waals surface area (Å²) >= 11 is 1.16. The van der Waals surface area contributed by atoms with Crippen molar-refractivity contribution in [3.63, 3.8) is 0 Å². The highest BCUT2D eigenvalue weighted by Gasteiger charge is 2.27. The predicted octanol–water partition coefficient (Wildman–Crippen LogP) is 3.09. The predicted molar refractivity (Wildman–Crippen MR) is 89.1 cm³/mol. The van der Waals surface area contributed by atoms with Crippen LogP contribution in [0.3, 0.4) is 0 Å². The number of carbonyl (C=O) groups excluding carboxylic acids is 2. The van der Waals surface area contributed by atoms with Gasteiger partial charge in [0.15, 0.2) is 0 Å². The molecule has 0 fully saturated rings. The van der Waals surface area contributed by atoms with Gasteiger partial charge in [0, 0.05) is 6.20 Å². The average Bonchev–Trinajstić information content (AvgIpc) is 3.03. The molecule has 0 aromatic carbocycles. The maximum Gasteiger partial charge on any atom is 0.350 e. The molecule has 0 atom stereocenters. The second-order valence-electron chi connectivity index (χ2n) is 4.79. The van der Waals surface area contributed by atoms with Crippen LogP contribution in [0.1, 0.15) is 33.9 Å². The minimum absolute atomic E-state index is 0.263. The van der Waals surface area contributed by atoms with Crippen molar-refractivity contribution in [2.45, 2.75) is 13.8 Å². The average molecular weight is 332 g/mol. The van der Waals surface area contributed by atoms with Crippen LogP contribution in [0.5, 0.6) is 0 Å². The van der Waals surface area contributed by atoms with Crippen molar-refractivity contribution in [1.29, 1.82) is 0 Å². The number of carbonyl (C=O) groups is 2. The molecule has 2 N–H and O–H groups in total. The minimum atomic E-state index is -0.481. The number of nitrogen functional groups attached to an aromatic ring is 1. The Balaban J connectivity index is 2.33. The molecule has 3 heterocycles. The number of hydrogen-bond donors (Lipinski definition) is 1. The number of thiophene rings is 1. The molecule has 0 aliphatic carbocycles. The molecule has 3 aromatic rings. The van der Waals surface area contributed by atoms with Crippen molar-refractivity contribution in [2.24, 2.45) is 0 Å². The van der Waals surface area contributed by atoms with Crippen molar-refractivity contribution in [3.05, 3.63) is 34.8 Å². The largest absolute Gasteiger partial charge is 0.462 e. The number of ether oxygens (including phenoxy) is 2. The third-order valence-corrected chi connectivity index (χ3v) is 4.64. The van der Waals surface area contributed by atoms with Gasteiger partial charge in [-0.25, -0.2) is 9.59 Å². The molecule has 23 heavy (non-hydrogen) atoms. The highest BCUT2D eigenvalue weighted by Crippen LogP contribution is 2.40. The molecular formula is C16H16N2O4S. The van der Waals surface area contributed by atoms with Crippen LogP contribution in [0.15, 0.2) is 24.4 Å². The second kappa shape index (κ2) is 5.92. The van der Waals surface area contributed by atoms with E-state index in [0.29, 0.717) is 31.9 Å². The molecule has 3 aromatic heterocycles. The standard InChI is InChI=1S/C16H16N2O4S/c1-3-21-15(19)10-9-7-5-6-8-18(9)12-11(17)14(23-13(10)12)16(20)22-4-2/h5-8H,3-4,17H2,1-2H3. The number of anilines is 1. The number of rotatable bonds is 4. The Labute approximate surface area is 136 Å². The van der Waals surface area contributed by atoms with Crippen molar-refractivity contribution >= 4 is 44.7 Å². The van der Waals surface area contributed by atoms with Gasteiger partial charge in [0.1, 0.15) is 10.4 Å². The van der Waals surface area contributed by atoms with Crippen LogP contribution in [0.2, 0.25) is 0 Å². The first-order valence-electron chi connectivity index (χ1n) is 7.25. The second-order valence-corrected chi connectivity index (χ2v) is 5.82. The number of nitrogens with two attached hydrogens (primary N) is 1. The van der Waals surface area contributed by atoms with E-state index in [1.54, 1.807) is 24.4 Å². The number of pyridine rings is 1. The Bertz CT molecular complexity index is 910. The summed E-state index contributed by atoms with van der Waals surface area (Å²) in [4.78, 5) is 24.7. The molecule has 0 saturated carbocycles. The van der Waals surface area contributed by atoms with Gasteiger partial charge in [0.25, 0.3) is 0 Å². The van der Waals surface area contributed by atoms with Crippen LogP contribution in [0.4, 0.5) is 5.69 Å². The van der Waals surface area contributed by atoms with Crippen molar-refractivity contribution in [2.75, 3.05) is 18.9 Å². The van der Waals surface area contributed by atoms with E-state index >= 15 is 0 Å². The van der Waals surface area contributed by atoms with Crippen LogP contribution >= 0.6 is 11.3 Å². The molecule has 3 rings (SSSR count). The van der Waals surface area contributed by atoms with Gasteiger partial charge in [-0.3, -0.25) is 0 Å². The van der Waals surface area contributed by atoms with E-state index < -0.39 is 11.9 Å². The van der Waals surface area contributed by atoms with Gasteiger partial charge in [0.2, 0.25) is 0 Å². The molecule has 0 radical (unpaired) electrons. The Morgan fingerprint density at radius 3 is 2.57 bits per heavy atom. The maximum atomic E-state index is 12.4. The first kappa shape index (κ1) is 15.4. The van der Waals surface area contributed by atoms with Gasteiger partial charge in [-0.1, -0.05) is 6.07 Å². The lowest BCUT2D eigenvalue weighted by Gasteiger charge is -2.03. The zero-order valence-electron chi connectivity index (χ0n) is 12.8. The summed E-state index contributed by atoms with van der Waals surface area (Å²) < 4.78 is 12.6. The summed E-state index contributed by atoms with van der Waals surface area (Å²) in [6.45, 7) is 4.02. The van der Waals surface area contributed by atoms with E-state index in [0.717, 1.165) is 11.3 Å². The van der Waals surface area contributed by atoms with Gasteiger partial charge in [-0.2, -0.15) is 0 Å². The van der Waals surface area contributed by atoms with Gasteiger partial charge in [-0.15, -0.1) is 11.3 Å². The quantitative estimate of drug-likeness (QED) is 0.742. The number of fused-ring (bicyclic) bond motifs is 3. The summed E-state index contributed by atoms with van der Waals surface area (Å²) in [5.74, 6) is -0.909. The fourth-order valence-electron chi connectivity index (χ4n) is 2.55. The van der Waals surface area contributed by atoms with Crippen LogP contribution < -0.4 is 5.73 Å². The SMILES string of the molecule is CCOC(=O)c1sc2c(C(=O)OCC)c3ccccn3c2c1N. The molecule has 0 saturated heterocycles. The molecule has 0 bridgehead atoms. The fraction of sp³-hybridized carbons (Fsp3) is 0.250. The van der Waals surface area contributed by atoms with Crippen LogP contribution in [-0.2, 0) is 9.47 Å². The van der Waals surface area contributed by atoms with Gasteiger partial charge >= 0.3 is 11.9 Å². The lowest BCUT2D eigenvalue weighted by molar-refractivity contribution is 0.0521. The summed E-state index contributed by atoms with van der Waals surface area (Å²) in [6.07, 6.45) is 1.80. The van der Waals surface area contributed by atoms with E-state index in [1.807, 2.05) is 18.2 Å². The van der Waals surface area contributed by atoms with Crippen molar-refractivity contribution in [3.8, 4) is 0 Å². The molecule has 6 nitrogen and oxygen atoms in total. The summed E-state index contributed by atoms with van der Waals surface area (Å²) in [5, 5.41) is 0. The summed E-state index contributed by atoms with van der Waals surface area (Å²) in [7, 11) is 0. The van der Waals surface area contributed by atoms with E-state index in [4.69, 9.17) is 15.2 Å². The highest BCUT2D eigenvalue weighted by molar-refractivity contribution is 7.22. The van der Waals surface area contributed by atoms with E-state index in [1.165, 1.54) is 0 Å². The first-order chi connectivity index (χ1) is 11.1. The van der Waals surface area contributed by atoms with Crippen LogP contribution in [0, 0.1) is 0 Å². The first-order valence-corrected chi connectivity index (χ1v) is 8.07. The lowest BCUT2D eigenvalue weighted by Crippen LogP contribution is -2.06. The number of esters is 2. The number of hydrogen-bond acceptors (Lipinski definition) is 6. The van der Waals surface area contributed by atoms with Crippen LogP contribution in [0.25, 0.3) is 15.7 Å². The van der Waals surface area contributed by atoms with Crippen molar-refractivity contribution in [1.82, 2.24) is 4.40 Å². The number of aromatic nitrogens is 1. The Hall–Kier alpha value is -2.54. The Morgan fingerprint density at radius 1 is 1.17 bits per heavy atom. The molecule has 120 valence electrons. The minimum Gasteiger partial charge on any atom is -0.462 e. The van der Waals surface area contributed by atoms with Gasteiger partial charge in [0.05, 0.1) is 34.6 Å². The summed E-state index contributed by atoms with van der Waals surface area (Å²) in [5.41, 5.74) is 8.24. The molecule has 0 aliphatic rings. The zero-order chi connectivity index (χ0) is 16.6. The normalized spacial score (nSPS) is 11.0. The molecule has 0 amide bonds. The highest BCUT2D eigenvalue weighted by atomic mass is 32.1. The Morgan fingerprint density at radius 2 is 1.87 bits per heavy atom. The van der Waals surface area contributed by atoms with Gasteiger partial charge in [-0.05, 0) is 26.0 Å². The van der Waals surface area contributed by atoms with E-state index in [9.17, 15) is 9.59 Å².